The van der Waals surface area contributed by atoms with Gasteiger partial charge in [-0.2, -0.15) is 0 Å². The fourth-order valence-electron chi connectivity index (χ4n) is 3.70. The Morgan fingerprint density at radius 3 is 2.58 bits per heavy atom. The maximum Gasteiger partial charge on any atom is 0.294 e. The zero-order valence-corrected chi connectivity index (χ0v) is 17.9. The molecule has 0 radical (unpaired) electrons. The molecule has 0 spiro atoms. The van der Waals surface area contributed by atoms with E-state index < -0.39 is 5.54 Å². The normalized spacial score (nSPS) is 18.6. The lowest BCUT2D eigenvalue weighted by Gasteiger charge is -2.47. The summed E-state index contributed by atoms with van der Waals surface area (Å²) in [4.78, 5) is 33.8. The molecule has 3 aromatic rings. The van der Waals surface area contributed by atoms with Gasteiger partial charge in [-0.25, -0.2) is 9.67 Å². The highest BCUT2D eigenvalue weighted by molar-refractivity contribution is 6.30. The number of rotatable bonds is 4. The molecule has 8 heteroatoms. The average Bonchev–Trinajstić information content (AvgIpc) is 3.29. The van der Waals surface area contributed by atoms with Gasteiger partial charge in [-0.1, -0.05) is 41.9 Å². The Bertz CT molecular complexity index is 1130. The van der Waals surface area contributed by atoms with Crippen LogP contribution in [0.2, 0.25) is 5.02 Å². The van der Waals surface area contributed by atoms with E-state index in [1.807, 2.05) is 37.3 Å². The highest BCUT2D eigenvalue weighted by Gasteiger charge is 2.41. The number of aromatic nitrogens is 3. The van der Waals surface area contributed by atoms with Crippen molar-refractivity contribution in [3.05, 3.63) is 90.0 Å². The van der Waals surface area contributed by atoms with Crippen LogP contribution in [0, 0.1) is 0 Å². The first-order valence-corrected chi connectivity index (χ1v) is 10.3. The third-order valence-electron chi connectivity index (χ3n) is 5.47. The van der Waals surface area contributed by atoms with Crippen LogP contribution in [0.25, 0.3) is 5.69 Å². The van der Waals surface area contributed by atoms with Crippen molar-refractivity contribution >= 4 is 23.4 Å². The summed E-state index contributed by atoms with van der Waals surface area (Å²) in [6.07, 6.45) is 3.21. The number of piperazine rings is 1. The lowest BCUT2D eigenvalue weighted by atomic mass is 9.95. The minimum atomic E-state index is -0.762. The lowest BCUT2D eigenvalue weighted by Crippen LogP contribution is -2.62. The summed E-state index contributed by atoms with van der Waals surface area (Å²) in [7, 11) is 0. The van der Waals surface area contributed by atoms with Crippen LogP contribution >= 0.6 is 11.6 Å². The van der Waals surface area contributed by atoms with E-state index in [9.17, 15) is 9.59 Å². The fraction of sp³-hybridized carbons (Fsp3) is 0.217. The molecule has 2 aromatic carbocycles. The number of halogens is 1. The van der Waals surface area contributed by atoms with Crippen LogP contribution in [0.15, 0.2) is 73.6 Å². The van der Waals surface area contributed by atoms with Crippen LogP contribution in [0.4, 0.5) is 0 Å². The number of amides is 2. The minimum Gasteiger partial charge on any atom is -0.334 e. The molecule has 4 rings (SSSR count). The summed E-state index contributed by atoms with van der Waals surface area (Å²) < 4.78 is 1.57. The highest BCUT2D eigenvalue weighted by atomic mass is 35.5. The third-order valence-corrected chi connectivity index (χ3v) is 5.70. The number of para-hydroxylation sites is 1. The standard InChI is InChI=1S/C23H22ClN5O2/c1-3-23(2)15-27(21(30)17-8-7-9-18(24)14-17)12-13-28(23)22(31)20-25-16-29(26-20)19-10-5-4-6-11-19/h3-11,14,16H,1,12-13,15H2,2H3. The van der Waals surface area contributed by atoms with Gasteiger partial charge >= 0.3 is 0 Å². The van der Waals surface area contributed by atoms with Gasteiger partial charge in [0.2, 0.25) is 5.82 Å². The molecule has 0 N–H and O–H groups in total. The first kappa shape index (κ1) is 20.8. The molecule has 1 aliphatic rings. The maximum absolute atomic E-state index is 13.2. The van der Waals surface area contributed by atoms with Crippen molar-refractivity contribution in [1.29, 1.82) is 0 Å². The van der Waals surface area contributed by atoms with Crippen molar-refractivity contribution in [1.82, 2.24) is 24.6 Å². The quantitative estimate of drug-likeness (QED) is 0.588. The monoisotopic (exact) mass is 435 g/mol. The topological polar surface area (TPSA) is 71.3 Å². The van der Waals surface area contributed by atoms with Crippen LogP contribution < -0.4 is 0 Å². The summed E-state index contributed by atoms with van der Waals surface area (Å²) in [6, 6.07) is 16.3. The molecule has 1 saturated heterocycles. The molecule has 2 heterocycles. The second-order valence-corrected chi connectivity index (χ2v) is 8.04. The third kappa shape index (κ3) is 4.09. The van der Waals surface area contributed by atoms with E-state index in [0.29, 0.717) is 30.2 Å². The van der Waals surface area contributed by atoms with E-state index >= 15 is 0 Å². The Hall–Kier alpha value is -3.45. The molecular formula is C23H22ClN5O2. The molecule has 1 fully saturated rings. The highest BCUT2D eigenvalue weighted by Crippen LogP contribution is 2.26. The molecule has 2 amide bonds. The zero-order chi connectivity index (χ0) is 22.0. The van der Waals surface area contributed by atoms with Crippen molar-refractivity contribution in [3.8, 4) is 5.69 Å². The summed E-state index contributed by atoms with van der Waals surface area (Å²) in [5, 5.41) is 4.86. The smallest absolute Gasteiger partial charge is 0.294 e. The zero-order valence-electron chi connectivity index (χ0n) is 17.1. The van der Waals surface area contributed by atoms with Crippen LogP contribution in [-0.4, -0.2) is 61.6 Å². The van der Waals surface area contributed by atoms with Crippen molar-refractivity contribution < 1.29 is 9.59 Å². The summed E-state index contributed by atoms with van der Waals surface area (Å²) >= 11 is 6.03. The second-order valence-electron chi connectivity index (χ2n) is 7.60. The summed E-state index contributed by atoms with van der Waals surface area (Å²) in [5.41, 5.74) is 0.571. The SMILES string of the molecule is C=CC1(C)CN(C(=O)c2cccc(Cl)c2)CCN1C(=O)c1ncn(-c2ccccc2)n1. The van der Waals surface area contributed by atoms with E-state index in [4.69, 9.17) is 11.6 Å². The van der Waals surface area contributed by atoms with E-state index in [-0.39, 0.29) is 17.6 Å². The van der Waals surface area contributed by atoms with Crippen molar-refractivity contribution in [2.75, 3.05) is 19.6 Å². The Balaban J connectivity index is 1.54. The molecule has 0 saturated carbocycles. The van der Waals surface area contributed by atoms with Gasteiger partial charge in [0.05, 0.1) is 11.2 Å². The molecule has 0 aliphatic carbocycles. The fourth-order valence-corrected chi connectivity index (χ4v) is 3.89. The Morgan fingerprint density at radius 2 is 1.87 bits per heavy atom. The number of carbonyl (C=O) groups is 2. The van der Waals surface area contributed by atoms with Crippen molar-refractivity contribution in [2.45, 2.75) is 12.5 Å². The number of carbonyl (C=O) groups excluding carboxylic acids is 2. The first-order chi connectivity index (χ1) is 14.9. The van der Waals surface area contributed by atoms with Crippen LogP contribution in [0.1, 0.15) is 27.9 Å². The average molecular weight is 436 g/mol. The van der Waals surface area contributed by atoms with E-state index in [2.05, 4.69) is 16.7 Å². The van der Waals surface area contributed by atoms with Gasteiger partial charge in [0, 0.05) is 30.2 Å². The van der Waals surface area contributed by atoms with Crippen molar-refractivity contribution in [2.24, 2.45) is 0 Å². The van der Waals surface area contributed by atoms with Crippen LogP contribution in [-0.2, 0) is 0 Å². The van der Waals surface area contributed by atoms with Gasteiger partial charge < -0.3 is 9.80 Å². The minimum absolute atomic E-state index is 0.103. The number of benzene rings is 2. The van der Waals surface area contributed by atoms with E-state index in [0.717, 1.165) is 5.69 Å². The molecule has 7 nitrogen and oxygen atoms in total. The predicted molar refractivity (Wildman–Crippen MR) is 118 cm³/mol. The van der Waals surface area contributed by atoms with Gasteiger partial charge in [0.1, 0.15) is 6.33 Å². The first-order valence-electron chi connectivity index (χ1n) is 9.89. The summed E-state index contributed by atoms with van der Waals surface area (Å²) in [6.45, 7) is 6.84. The second kappa shape index (κ2) is 8.35. The molecule has 158 valence electrons. The van der Waals surface area contributed by atoms with Gasteiger partial charge in [-0.05, 0) is 37.3 Å². The molecular weight excluding hydrogens is 414 g/mol. The van der Waals surface area contributed by atoms with E-state index in [1.165, 1.54) is 6.33 Å². The molecule has 1 aromatic heterocycles. The van der Waals surface area contributed by atoms with Crippen LogP contribution in [0.3, 0.4) is 0 Å². The largest absolute Gasteiger partial charge is 0.334 e. The number of hydrogen-bond donors (Lipinski definition) is 0. The van der Waals surface area contributed by atoms with Gasteiger partial charge in [0.15, 0.2) is 0 Å². The maximum atomic E-state index is 13.2. The van der Waals surface area contributed by atoms with Gasteiger partial charge in [-0.3, -0.25) is 9.59 Å². The number of hydrogen-bond acceptors (Lipinski definition) is 4. The number of nitrogens with zero attached hydrogens (tertiary/aromatic N) is 5. The predicted octanol–water partition coefficient (Wildman–Crippen LogP) is 3.46. The molecule has 1 aliphatic heterocycles. The Labute approximate surface area is 185 Å². The van der Waals surface area contributed by atoms with Gasteiger partial charge in [0.25, 0.3) is 11.8 Å². The molecule has 1 unspecified atom stereocenters. The lowest BCUT2D eigenvalue weighted by molar-refractivity contribution is 0.0244. The molecule has 0 bridgehead atoms. The Morgan fingerprint density at radius 1 is 1.10 bits per heavy atom. The van der Waals surface area contributed by atoms with Crippen LogP contribution in [0.5, 0.6) is 0 Å². The molecule has 31 heavy (non-hydrogen) atoms. The Kier molecular flexibility index (Phi) is 5.61. The van der Waals surface area contributed by atoms with Gasteiger partial charge in [-0.15, -0.1) is 11.7 Å². The molecule has 1 atom stereocenters. The summed E-state index contributed by atoms with van der Waals surface area (Å²) in [5.74, 6) is -0.326. The van der Waals surface area contributed by atoms with E-state index in [1.54, 1.807) is 44.8 Å². The van der Waals surface area contributed by atoms with Crippen molar-refractivity contribution in [3.63, 3.8) is 0 Å².